The first-order valence-electron chi connectivity index (χ1n) is 12.3. The number of hydrogen-bond acceptors (Lipinski definition) is 8. The van der Waals surface area contributed by atoms with E-state index in [1.165, 1.54) is 0 Å². The summed E-state index contributed by atoms with van der Waals surface area (Å²) in [5, 5.41) is 12.2. The second-order valence-electron chi connectivity index (χ2n) is 10.0. The van der Waals surface area contributed by atoms with E-state index in [0.717, 1.165) is 17.7 Å². The third-order valence-electron chi connectivity index (χ3n) is 8.30. The molecule has 36 heavy (non-hydrogen) atoms. The summed E-state index contributed by atoms with van der Waals surface area (Å²) in [6.07, 6.45) is 2.61. The molecule has 2 aliphatic carbocycles. The van der Waals surface area contributed by atoms with Gasteiger partial charge in [0.05, 0.1) is 31.0 Å². The Labute approximate surface area is 209 Å². The van der Waals surface area contributed by atoms with Crippen molar-refractivity contribution in [2.45, 2.75) is 55.3 Å². The number of ether oxygens (including phenoxy) is 4. The third kappa shape index (κ3) is 3.21. The van der Waals surface area contributed by atoms with Crippen molar-refractivity contribution in [2.24, 2.45) is 0 Å². The van der Waals surface area contributed by atoms with Crippen LogP contribution in [0.2, 0.25) is 0 Å². The minimum absolute atomic E-state index is 0.0783. The van der Waals surface area contributed by atoms with Gasteiger partial charge in [-0.25, -0.2) is 0 Å². The van der Waals surface area contributed by atoms with E-state index in [0.29, 0.717) is 42.3 Å². The Balaban J connectivity index is 1.25. The summed E-state index contributed by atoms with van der Waals surface area (Å²) < 4.78 is 23.1. The molecule has 0 aromatic heterocycles. The second-order valence-corrected chi connectivity index (χ2v) is 10.0. The number of esters is 2. The summed E-state index contributed by atoms with van der Waals surface area (Å²) in [5.74, 6) is 0.993. The number of carbonyl (C=O) groups excluding carboxylic acids is 2. The number of piperidine rings is 1. The van der Waals surface area contributed by atoms with Gasteiger partial charge >= 0.3 is 11.9 Å². The van der Waals surface area contributed by atoms with Crippen molar-refractivity contribution in [1.82, 2.24) is 4.90 Å². The van der Waals surface area contributed by atoms with Crippen LogP contribution in [0.25, 0.3) is 0 Å². The highest BCUT2D eigenvalue weighted by molar-refractivity contribution is 5.79. The number of benzene rings is 2. The highest BCUT2D eigenvalue weighted by Gasteiger charge is 2.72. The van der Waals surface area contributed by atoms with Gasteiger partial charge in [0.1, 0.15) is 11.5 Å². The van der Waals surface area contributed by atoms with Gasteiger partial charge in [-0.05, 0) is 56.3 Å². The van der Waals surface area contributed by atoms with Crippen LogP contribution in [0.15, 0.2) is 54.3 Å². The molecule has 1 spiro atoms. The highest BCUT2D eigenvalue weighted by atomic mass is 16.6. The lowest BCUT2D eigenvalue weighted by molar-refractivity contribution is -0.169. The molecule has 2 heterocycles. The van der Waals surface area contributed by atoms with Gasteiger partial charge in [0.25, 0.3) is 0 Å². The predicted octanol–water partition coefficient (Wildman–Crippen LogP) is 2.90. The topological polar surface area (TPSA) is 94.5 Å². The molecule has 0 saturated carbocycles. The van der Waals surface area contributed by atoms with Gasteiger partial charge in [0.15, 0.2) is 17.6 Å². The standard InChI is InChI=1S/C28H29NO7/c1-29-15-14-27-24-17-8-9-19(33-2)25(24)36-26(27)20(12-13-28(27,32)21(29)16-17)35-23(31)11-10-22(30)34-18-6-4-3-5-7-18/h3-9,12,21,26,32H,10-11,13-16H2,1-2H3/t21-,26+,27+,28-/m1/s1. The molecule has 2 aromatic carbocycles. The van der Waals surface area contributed by atoms with Crippen molar-refractivity contribution in [1.29, 1.82) is 0 Å². The van der Waals surface area contributed by atoms with Crippen LogP contribution < -0.4 is 14.2 Å². The Hall–Kier alpha value is -3.36. The zero-order chi connectivity index (χ0) is 25.1. The van der Waals surface area contributed by atoms with Crippen LogP contribution in [0.1, 0.15) is 36.8 Å². The quantitative estimate of drug-likeness (QED) is 0.487. The minimum atomic E-state index is -1.06. The molecule has 8 nitrogen and oxygen atoms in total. The summed E-state index contributed by atoms with van der Waals surface area (Å²) in [6, 6.07) is 12.6. The average Bonchev–Trinajstić information content (AvgIpc) is 3.23. The van der Waals surface area contributed by atoms with E-state index in [9.17, 15) is 14.7 Å². The smallest absolute Gasteiger partial charge is 0.311 e. The molecule has 1 N–H and O–H groups in total. The number of rotatable bonds is 6. The summed E-state index contributed by atoms with van der Waals surface area (Å²) in [7, 11) is 3.64. The SMILES string of the molecule is COc1ccc2c3c1O[C@H]1C(OC(=O)CCC(=O)Oc4ccccc4)=CC[C@@]4(O)[C@@H](C2)N(C)CC[C@]314. The Kier molecular flexibility index (Phi) is 5.35. The third-order valence-corrected chi connectivity index (χ3v) is 8.30. The molecule has 2 bridgehead atoms. The number of aliphatic hydroxyl groups is 1. The van der Waals surface area contributed by atoms with Crippen molar-refractivity contribution in [3.8, 4) is 17.2 Å². The summed E-state index contributed by atoms with van der Waals surface area (Å²) in [4.78, 5) is 27.2. The van der Waals surface area contributed by atoms with Gasteiger partial charge in [-0.3, -0.25) is 9.59 Å². The number of likely N-dealkylation sites (N-methyl/N-ethyl adjacent to an activating group) is 1. The molecule has 2 aromatic rings. The summed E-state index contributed by atoms with van der Waals surface area (Å²) in [6.45, 7) is 0.787. The zero-order valence-electron chi connectivity index (χ0n) is 20.4. The van der Waals surface area contributed by atoms with Crippen molar-refractivity contribution >= 4 is 11.9 Å². The van der Waals surface area contributed by atoms with Crippen LogP contribution in [0.4, 0.5) is 0 Å². The molecule has 0 radical (unpaired) electrons. The molecule has 0 amide bonds. The van der Waals surface area contributed by atoms with Gasteiger partial charge in [-0.2, -0.15) is 0 Å². The molecule has 6 rings (SSSR count). The molecule has 2 aliphatic heterocycles. The predicted molar refractivity (Wildman–Crippen MR) is 129 cm³/mol. The van der Waals surface area contributed by atoms with Gasteiger partial charge in [-0.15, -0.1) is 0 Å². The van der Waals surface area contributed by atoms with Gasteiger partial charge in [0.2, 0.25) is 0 Å². The van der Waals surface area contributed by atoms with Crippen LogP contribution in [0.5, 0.6) is 17.2 Å². The van der Waals surface area contributed by atoms with Gasteiger partial charge < -0.3 is 29.0 Å². The van der Waals surface area contributed by atoms with Crippen LogP contribution in [-0.2, 0) is 26.2 Å². The van der Waals surface area contributed by atoms with Crippen molar-refractivity contribution in [2.75, 3.05) is 20.7 Å². The van der Waals surface area contributed by atoms with E-state index >= 15 is 0 Å². The van der Waals surface area contributed by atoms with E-state index < -0.39 is 29.1 Å². The van der Waals surface area contributed by atoms with Crippen molar-refractivity contribution in [3.63, 3.8) is 0 Å². The lowest BCUT2D eigenvalue weighted by atomic mass is 9.50. The lowest BCUT2D eigenvalue weighted by Crippen LogP contribution is -2.74. The van der Waals surface area contributed by atoms with Crippen LogP contribution in [0, 0.1) is 0 Å². The molecule has 1 fully saturated rings. The number of likely N-dealkylation sites (tertiary alicyclic amines) is 1. The van der Waals surface area contributed by atoms with Crippen LogP contribution in [-0.4, -0.2) is 60.4 Å². The number of nitrogens with zero attached hydrogens (tertiary/aromatic N) is 1. The van der Waals surface area contributed by atoms with E-state index in [-0.39, 0.29) is 18.9 Å². The monoisotopic (exact) mass is 491 g/mol. The number of carbonyl (C=O) groups is 2. The van der Waals surface area contributed by atoms with Gasteiger partial charge in [-0.1, -0.05) is 24.3 Å². The fourth-order valence-electron chi connectivity index (χ4n) is 6.65. The minimum Gasteiger partial charge on any atom is -0.493 e. The van der Waals surface area contributed by atoms with E-state index in [4.69, 9.17) is 18.9 Å². The fourth-order valence-corrected chi connectivity index (χ4v) is 6.65. The fraction of sp³-hybridized carbons (Fsp3) is 0.429. The zero-order valence-corrected chi connectivity index (χ0v) is 20.4. The maximum absolute atomic E-state index is 12.8. The first-order valence-corrected chi connectivity index (χ1v) is 12.3. The largest absolute Gasteiger partial charge is 0.493 e. The molecular weight excluding hydrogens is 462 g/mol. The average molecular weight is 492 g/mol. The van der Waals surface area contributed by atoms with E-state index in [2.05, 4.69) is 11.0 Å². The Morgan fingerprint density at radius 1 is 1.11 bits per heavy atom. The highest BCUT2D eigenvalue weighted by Crippen LogP contribution is 2.65. The van der Waals surface area contributed by atoms with E-state index in [1.807, 2.05) is 19.2 Å². The number of para-hydroxylation sites is 1. The second kappa shape index (κ2) is 8.35. The van der Waals surface area contributed by atoms with Gasteiger partial charge in [0, 0.05) is 18.0 Å². The maximum Gasteiger partial charge on any atom is 0.311 e. The molecule has 4 atom stereocenters. The molecule has 188 valence electrons. The normalized spacial score (nSPS) is 29.5. The lowest BCUT2D eigenvalue weighted by Gasteiger charge is -2.61. The first-order chi connectivity index (χ1) is 17.4. The summed E-state index contributed by atoms with van der Waals surface area (Å²) in [5.41, 5.74) is 0.306. The Bertz CT molecular complexity index is 1260. The molecule has 0 unspecified atom stereocenters. The van der Waals surface area contributed by atoms with Crippen molar-refractivity contribution < 1.29 is 33.6 Å². The molecule has 8 heteroatoms. The molecular formula is C28H29NO7. The summed E-state index contributed by atoms with van der Waals surface area (Å²) >= 11 is 0. The maximum atomic E-state index is 12.8. The number of methoxy groups -OCH3 is 1. The van der Waals surface area contributed by atoms with Crippen LogP contribution in [0.3, 0.4) is 0 Å². The molecule has 4 aliphatic rings. The number of hydrogen-bond donors (Lipinski definition) is 1. The van der Waals surface area contributed by atoms with Crippen LogP contribution >= 0.6 is 0 Å². The molecule has 1 saturated heterocycles. The van der Waals surface area contributed by atoms with Crippen molar-refractivity contribution in [3.05, 3.63) is 65.4 Å². The van der Waals surface area contributed by atoms with E-state index in [1.54, 1.807) is 37.5 Å². The Morgan fingerprint density at radius 2 is 1.86 bits per heavy atom. The Morgan fingerprint density at radius 3 is 2.61 bits per heavy atom. The first kappa shape index (κ1) is 23.1.